The van der Waals surface area contributed by atoms with Crippen LogP contribution in [0.25, 0.3) is 0 Å². The van der Waals surface area contributed by atoms with E-state index in [4.69, 9.17) is 27.9 Å². The van der Waals surface area contributed by atoms with Crippen molar-refractivity contribution in [2.75, 3.05) is 14.2 Å². The molecule has 5 nitrogen and oxygen atoms in total. The standard InChI is InChI=1S/C14H19Cl2NO4S/c1-17(9-5-3-4-6-10(9)18)22(19,20)12-8-7-11(21-2)13(15)14(12)16/h7-10,18H,3-6H2,1-2H3. The first kappa shape index (κ1) is 17.8. The highest BCUT2D eigenvalue weighted by Gasteiger charge is 2.35. The molecule has 0 aliphatic heterocycles. The average molecular weight is 368 g/mol. The summed E-state index contributed by atoms with van der Waals surface area (Å²) in [6, 6.07) is 2.39. The van der Waals surface area contributed by atoms with E-state index in [0.717, 1.165) is 12.8 Å². The van der Waals surface area contributed by atoms with Gasteiger partial charge in [0.15, 0.2) is 0 Å². The van der Waals surface area contributed by atoms with Gasteiger partial charge in [-0.15, -0.1) is 0 Å². The summed E-state index contributed by atoms with van der Waals surface area (Å²) in [6.07, 6.45) is 2.35. The number of hydrogen-bond donors (Lipinski definition) is 1. The van der Waals surface area contributed by atoms with Gasteiger partial charge in [-0.3, -0.25) is 0 Å². The van der Waals surface area contributed by atoms with Crippen molar-refractivity contribution in [3.63, 3.8) is 0 Å². The van der Waals surface area contributed by atoms with E-state index in [9.17, 15) is 13.5 Å². The largest absolute Gasteiger partial charge is 0.495 e. The molecule has 2 rings (SSSR count). The minimum atomic E-state index is -3.85. The van der Waals surface area contributed by atoms with Crippen molar-refractivity contribution in [1.29, 1.82) is 0 Å². The molecule has 2 unspecified atom stereocenters. The lowest BCUT2D eigenvalue weighted by molar-refractivity contribution is 0.0638. The Morgan fingerprint density at radius 2 is 1.86 bits per heavy atom. The predicted octanol–water partition coefficient (Wildman–Crippen LogP) is 2.93. The number of halogens is 2. The topological polar surface area (TPSA) is 66.8 Å². The first-order valence-electron chi connectivity index (χ1n) is 6.98. The zero-order chi connectivity index (χ0) is 16.5. The van der Waals surface area contributed by atoms with Crippen LogP contribution in [0.4, 0.5) is 0 Å². The van der Waals surface area contributed by atoms with Gasteiger partial charge in [-0.25, -0.2) is 8.42 Å². The maximum Gasteiger partial charge on any atom is 0.244 e. The molecule has 0 radical (unpaired) electrons. The van der Waals surface area contributed by atoms with Gasteiger partial charge in [-0.2, -0.15) is 4.31 Å². The highest BCUT2D eigenvalue weighted by molar-refractivity contribution is 7.89. The summed E-state index contributed by atoms with van der Waals surface area (Å²) in [6.45, 7) is 0. The molecule has 1 aromatic carbocycles. The third-order valence-electron chi connectivity index (χ3n) is 4.05. The van der Waals surface area contributed by atoms with Crippen LogP contribution in [0.1, 0.15) is 25.7 Å². The van der Waals surface area contributed by atoms with E-state index >= 15 is 0 Å². The van der Waals surface area contributed by atoms with E-state index in [-0.39, 0.29) is 14.9 Å². The number of sulfonamides is 1. The zero-order valence-corrected chi connectivity index (χ0v) is 14.7. The molecule has 2 atom stereocenters. The average Bonchev–Trinajstić information content (AvgIpc) is 2.49. The van der Waals surface area contributed by atoms with Gasteiger partial charge in [-0.05, 0) is 25.0 Å². The lowest BCUT2D eigenvalue weighted by Crippen LogP contribution is -2.46. The molecule has 1 aliphatic carbocycles. The van der Waals surface area contributed by atoms with Gasteiger partial charge >= 0.3 is 0 Å². The molecule has 0 heterocycles. The number of ether oxygens (including phenoxy) is 1. The van der Waals surface area contributed by atoms with Crippen LogP contribution in [0, 0.1) is 0 Å². The molecule has 0 bridgehead atoms. The fourth-order valence-electron chi connectivity index (χ4n) is 2.72. The molecular formula is C14H19Cl2NO4S. The van der Waals surface area contributed by atoms with Crippen LogP contribution in [-0.2, 0) is 10.0 Å². The molecule has 22 heavy (non-hydrogen) atoms. The Labute approximate surface area is 140 Å². The fraction of sp³-hybridized carbons (Fsp3) is 0.571. The van der Waals surface area contributed by atoms with Crippen molar-refractivity contribution in [2.45, 2.75) is 42.7 Å². The third kappa shape index (κ3) is 3.21. The molecule has 0 aromatic heterocycles. The minimum Gasteiger partial charge on any atom is -0.495 e. The maximum atomic E-state index is 12.8. The molecule has 1 aromatic rings. The number of methoxy groups -OCH3 is 1. The molecule has 1 aliphatic rings. The fourth-order valence-corrected chi connectivity index (χ4v) is 4.95. The minimum absolute atomic E-state index is 0.0582. The molecule has 1 N–H and O–H groups in total. The van der Waals surface area contributed by atoms with Crippen LogP contribution in [0.3, 0.4) is 0 Å². The van der Waals surface area contributed by atoms with E-state index < -0.39 is 22.2 Å². The lowest BCUT2D eigenvalue weighted by Gasteiger charge is -2.34. The highest BCUT2D eigenvalue weighted by atomic mass is 35.5. The Morgan fingerprint density at radius 1 is 1.23 bits per heavy atom. The van der Waals surface area contributed by atoms with Crippen LogP contribution in [-0.4, -0.2) is 44.1 Å². The van der Waals surface area contributed by atoms with Crippen molar-refractivity contribution < 1.29 is 18.3 Å². The van der Waals surface area contributed by atoms with Crippen LogP contribution in [0.15, 0.2) is 17.0 Å². The molecule has 124 valence electrons. The van der Waals surface area contributed by atoms with E-state index in [1.165, 1.54) is 30.6 Å². The summed E-state index contributed by atoms with van der Waals surface area (Å²) < 4.78 is 31.8. The number of aliphatic hydroxyl groups is 1. The smallest absolute Gasteiger partial charge is 0.244 e. The van der Waals surface area contributed by atoms with E-state index in [1.54, 1.807) is 0 Å². The Hall–Kier alpha value is -0.530. The van der Waals surface area contributed by atoms with Gasteiger partial charge in [-0.1, -0.05) is 36.0 Å². The first-order chi connectivity index (χ1) is 10.3. The van der Waals surface area contributed by atoms with Crippen molar-refractivity contribution in [1.82, 2.24) is 4.31 Å². The number of aliphatic hydroxyl groups excluding tert-OH is 1. The van der Waals surface area contributed by atoms with Crippen LogP contribution >= 0.6 is 23.2 Å². The van der Waals surface area contributed by atoms with Crippen molar-refractivity contribution in [3.8, 4) is 5.75 Å². The second-order valence-corrected chi connectivity index (χ2v) is 8.06. The van der Waals surface area contributed by atoms with Gasteiger partial charge in [0.25, 0.3) is 0 Å². The normalized spacial score (nSPS) is 22.8. The Morgan fingerprint density at radius 3 is 2.45 bits per heavy atom. The first-order valence-corrected chi connectivity index (χ1v) is 9.18. The van der Waals surface area contributed by atoms with Crippen LogP contribution < -0.4 is 4.74 Å². The summed E-state index contributed by atoms with van der Waals surface area (Å²) >= 11 is 12.1. The number of hydrogen-bond acceptors (Lipinski definition) is 4. The molecule has 8 heteroatoms. The van der Waals surface area contributed by atoms with Gasteiger partial charge in [0.1, 0.15) is 15.7 Å². The Balaban J connectivity index is 2.40. The summed E-state index contributed by atoms with van der Waals surface area (Å²) in [5, 5.41) is 10.1. The van der Waals surface area contributed by atoms with Gasteiger partial charge in [0.05, 0.1) is 24.3 Å². The lowest BCUT2D eigenvalue weighted by atomic mass is 9.93. The quantitative estimate of drug-likeness (QED) is 0.888. The van der Waals surface area contributed by atoms with Gasteiger partial charge in [0.2, 0.25) is 10.0 Å². The second-order valence-electron chi connectivity index (χ2n) is 5.33. The monoisotopic (exact) mass is 367 g/mol. The molecule has 0 saturated heterocycles. The van der Waals surface area contributed by atoms with Crippen LogP contribution in [0.2, 0.25) is 10.0 Å². The number of rotatable bonds is 4. The second kappa shape index (κ2) is 6.93. The third-order valence-corrected chi connectivity index (χ3v) is 6.95. The Kier molecular flexibility index (Phi) is 5.61. The van der Waals surface area contributed by atoms with Crippen molar-refractivity contribution in [3.05, 3.63) is 22.2 Å². The van der Waals surface area contributed by atoms with E-state index in [2.05, 4.69) is 0 Å². The van der Waals surface area contributed by atoms with Crippen molar-refractivity contribution in [2.24, 2.45) is 0 Å². The molecule has 1 saturated carbocycles. The molecule has 1 fully saturated rings. The number of nitrogens with zero attached hydrogens (tertiary/aromatic N) is 1. The number of likely N-dealkylation sites (N-methyl/N-ethyl adjacent to an activating group) is 1. The summed E-state index contributed by atoms with van der Waals surface area (Å²) in [4.78, 5) is -0.0831. The molecule has 0 amide bonds. The van der Waals surface area contributed by atoms with Crippen LogP contribution in [0.5, 0.6) is 5.75 Å². The predicted molar refractivity (Wildman–Crippen MR) is 86.2 cm³/mol. The van der Waals surface area contributed by atoms with E-state index in [1.807, 2.05) is 0 Å². The SMILES string of the molecule is COc1ccc(S(=O)(=O)N(C)C2CCCCC2O)c(Cl)c1Cl. The van der Waals surface area contributed by atoms with E-state index in [0.29, 0.717) is 18.6 Å². The Bertz CT molecular complexity index is 650. The summed E-state index contributed by atoms with van der Waals surface area (Å²) in [7, 11) is -0.960. The van der Waals surface area contributed by atoms with Gasteiger partial charge < -0.3 is 9.84 Å². The van der Waals surface area contributed by atoms with Crippen molar-refractivity contribution >= 4 is 33.2 Å². The number of benzene rings is 1. The summed E-state index contributed by atoms with van der Waals surface area (Å²) in [5.74, 6) is 0.311. The maximum absolute atomic E-state index is 12.8. The molecule has 0 spiro atoms. The molecular weight excluding hydrogens is 349 g/mol. The zero-order valence-electron chi connectivity index (χ0n) is 12.4. The highest BCUT2D eigenvalue weighted by Crippen LogP contribution is 2.38. The summed E-state index contributed by atoms with van der Waals surface area (Å²) in [5.41, 5.74) is 0. The van der Waals surface area contributed by atoms with Gasteiger partial charge in [0, 0.05) is 7.05 Å².